The predicted molar refractivity (Wildman–Crippen MR) is 117 cm³/mol. The van der Waals surface area contributed by atoms with Crippen LogP contribution in [0.25, 0.3) is 0 Å². The third-order valence-corrected chi connectivity index (χ3v) is 7.21. The largest absolute Gasteiger partial charge is 0.487 e. The van der Waals surface area contributed by atoms with E-state index < -0.39 is 22.2 Å². The SMILES string of the molecule is CCCN(C)C[C@H]1Oc2cc(C#C[C@H](C)O)ccc2S(=O)(=O)N([C@H](C)CO)C[C@H]1C. The summed E-state index contributed by atoms with van der Waals surface area (Å²) in [5, 5.41) is 19.1. The molecule has 0 spiro atoms. The fourth-order valence-electron chi connectivity index (χ4n) is 3.49. The molecule has 0 saturated heterocycles. The lowest BCUT2D eigenvalue weighted by atomic mass is 10.0. The number of hydrogen-bond donors (Lipinski definition) is 2. The molecule has 1 aliphatic rings. The third-order valence-electron chi connectivity index (χ3n) is 5.19. The Morgan fingerprint density at radius 1 is 1.37 bits per heavy atom. The monoisotopic (exact) mass is 438 g/mol. The van der Waals surface area contributed by atoms with Gasteiger partial charge in [-0.25, -0.2) is 8.42 Å². The normalized spacial score (nSPS) is 23.3. The summed E-state index contributed by atoms with van der Waals surface area (Å²) in [6, 6.07) is 4.18. The molecular formula is C22H34N2O5S. The van der Waals surface area contributed by atoms with E-state index in [1.54, 1.807) is 26.0 Å². The summed E-state index contributed by atoms with van der Waals surface area (Å²) >= 11 is 0. The van der Waals surface area contributed by atoms with Gasteiger partial charge < -0.3 is 19.8 Å². The summed E-state index contributed by atoms with van der Waals surface area (Å²) < 4.78 is 34.4. The summed E-state index contributed by atoms with van der Waals surface area (Å²) in [5.41, 5.74) is 0.570. The van der Waals surface area contributed by atoms with Gasteiger partial charge >= 0.3 is 0 Å². The van der Waals surface area contributed by atoms with Crippen LogP contribution < -0.4 is 4.74 Å². The molecule has 2 rings (SSSR count). The van der Waals surface area contributed by atoms with Gasteiger partial charge in [-0.05, 0) is 52.1 Å². The molecule has 0 aromatic heterocycles. The van der Waals surface area contributed by atoms with E-state index in [1.165, 1.54) is 10.4 Å². The van der Waals surface area contributed by atoms with Crippen molar-refractivity contribution >= 4 is 10.0 Å². The Bertz CT molecular complexity index is 875. The van der Waals surface area contributed by atoms with Crippen LogP contribution in [0.1, 0.15) is 39.7 Å². The van der Waals surface area contributed by atoms with E-state index in [1.807, 2.05) is 14.0 Å². The molecule has 0 amide bonds. The zero-order valence-electron chi connectivity index (χ0n) is 18.5. The van der Waals surface area contributed by atoms with Crippen molar-refractivity contribution in [2.45, 2.75) is 57.3 Å². The molecule has 0 aliphatic carbocycles. The van der Waals surface area contributed by atoms with Gasteiger partial charge in [0.2, 0.25) is 10.0 Å². The van der Waals surface area contributed by atoms with Crippen molar-refractivity contribution in [2.24, 2.45) is 5.92 Å². The zero-order chi connectivity index (χ0) is 22.5. The lowest BCUT2D eigenvalue weighted by Gasteiger charge is -2.37. The molecule has 7 nitrogen and oxygen atoms in total. The smallest absolute Gasteiger partial charge is 0.247 e. The minimum Gasteiger partial charge on any atom is -0.487 e. The summed E-state index contributed by atoms with van der Waals surface area (Å²) in [4.78, 5) is 2.24. The van der Waals surface area contributed by atoms with E-state index in [0.29, 0.717) is 12.1 Å². The van der Waals surface area contributed by atoms with Crippen molar-refractivity contribution in [3.63, 3.8) is 0 Å². The van der Waals surface area contributed by atoms with Gasteiger partial charge in [0.15, 0.2) is 0 Å². The molecule has 30 heavy (non-hydrogen) atoms. The van der Waals surface area contributed by atoms with E-state index in [9.17, 15) is 18.6 Å². The predicted octanol–water partition coefficient (Wildman–Crippen LogP) is 1.53. The lowest BCUT2D eigenvalue weighted by Crippen LogP contribution is -2.49. The molecule has 0 saturated carbocycles. The van der Waals surface area contributed by atoms with Gasteiger partial charge in [-0.2, -0.15) is 4.31 Å². The highest BCUT2D eigenvalue weighted by Crippen LogP contribution is 2.34. The Labute approximate surface area is 180 Å². The van der Waals surface area contributed by atoms with Crippen molar-refractivity contribution in [2.75, 3.05) is 33.3 Å². The highest BCUT2D eigenvalue weighted by Gasteiger charge is 2.38. The van der Waals surface area contributed by atoms with Crippen molar-refractivity contribution in [1.29, 1.82) is 0 Å². The average Bonchev–Trinajstić information content (AvgIpc) is 2.68. The van der Waals surface area contributed by atoms with E-state index in [0.717, 1.165) is 13.0 Å². The van der Waals surface area contributed by atoms with Crippen LogP contribution in [0, 0.1) is 17.8 Å². The Balaban J connectivity index is 2.56. The number of likely N-dealkylation sites (N-methyl/N-ethyl adjacent to an activating group) is 1. The summed E-state index contributed by atoms with van der Waals surface area (Å²) in [6.07, 6.45) is -0.00725. The van der Waals surface area contributed by atoms with Crippen molar-refractivity contribution in [3.05, 3.63) is 23.8 Å². The van der Waals surface area contributed by atoms with Gasteiger partial charge in [0.1, 0.15) is 22.9 Å². The number of aliphatic hydroxyl groups is 2. The molecule has 168 valence electrons. The van der Waals surface area contributed by atoms with Crippen LogP contribution in [0.15, 0.2) is 23.1 Å². The first kappa shape index (κ1) is 24.6. The first-order valence-electron chi connectivity index (χ1n) is 10.4. The number of ether oxygens (including phenoxy) is 1. The molecule has 1 aromatic rings. The van der Waals surface area contributed by atoms with E-state index in [4.69, 9.17) is 4.74 Å². The highest BCUT2D eigenvalue weighted by atomic mass is 32.2. The average molecular weight is 439 g/mol. The second-order valence-electron chi connectivity index (χ2n) is 8.11. The molecule has 4 atom stereocenters. The molecule has 1 heterocycles. The number of fused-ring (bicyclic) bond motifs is 1. The third kappa shape index (κ3) is 5.96. The van der Waals surface area contributed by atoms with Crippen LogP contribution in [0.4, 0.5) is 0 Å². The second kappa shape index (κ2) is 10.6. The number of hydrogen-bond acceptors (Lipinski definition) is 6. The minimum absolute atomic E-state index is 0.0699. The van der Waals surface area contributed by atoms with E-state index in [-0.39, 0.29) is 35.8 Å². The quantitative estimate of drug-likeness (QED) is 0.655. The van der Waals surface area contributed by atoms with Crippen LogP contribution >= 0.6 is 0 Å². The molecule has 0 bridgehead atoms. The number of sulfonamides is 1. The first-order valence-corrected chi connectivity index (χ1v) is 11.9. The van der Waals surface area contributed by atoms with Gasteiger partial charge in [-0.15, -0.1) is 0 Å². The van der Waals surface area contributed by atoms with Crippen LogP contribution in [0.2, 0.25) is 0 Å². The fourth-order valence-corrected chi connectivity index (χ4v) is 5.31. The maximum atomic E-state index is 13.4. The molecule has 8 heteroatoms. The zero-order valence-corrected chi connectivity index (χ0v) is 19.3. The molecule has 1 aliphatic heterocycles. The molecule has 0 unspecified atom stereocenters. The van der Waals surface area contributed by atoms with Crippen LogP contribution in [0.3, 0.4) is 0 Å². The van der Waals surface area contributed by atoms with Crippen LogP contribution in [0.5, 0.6) is 5.75 Å². The number of aliphatic hydroxyl groups excluding tert-OH is 2. The van der Waals surface area contributed by atoms with Gasteiger partial charge in [-0.3, -0.25) is 0 Å². The Morgan fingerprint density at radius 3 is 2.67 bits per heavy atom. The summed E-state index contributed by atoms with van der Waals surface area (Å²) in [5.74, 6) is 5.69. The Morgan fingerprint density at radius 2 is 2.07 bits per heavy atom. The van der Waals surface area contributed by atoms with E-state index in [2.05, 4.69) is 23.7 Å². The summed E-state index contributed by atoms with van der Waals surface area (Å²) in [6.45, 7) is 8.91. The van der Waals surface area contributed by atoms with Crippen molar-refractivity contribution in [1.82, 2.24) is 9.21 Å². The van der Waals surface area contributed by atoms with Gasteiger partial charge in [0.05, 0.1) is 6.61 Å². The standard InChI is InChI=1S/C22H34N2O5S/c1-6-11-23(5)14-21-16(2)13-24(17(3)15-25)30(27,28)22-10-9-19(8-7-18(4)26)12-20(22)29-21/h9-10,12,16-18,21,25-26H,6,11,13-15H2,1-5H3/t16-,17-,18+,21-/m1/s1. The molecular weight excluding hydrogens is 404 g/mol. The Kier molecular flexibility index (Phi) is 8.71. The lowest BCUT2D eigenvalue weighted by molar-refractivity contribution is 0.0752. The van der Waals surface area contributed by atoms with Gasteiger partial charge in [0, 0.05) is 30.6 Å². The first-order chi connectivity index (χ1) is 14.1. The van der Waals surface area contributed by atoms with Gasteiger partial charge in [-0.1, -0.05) is 25.7 Å². The maximum absolute atomic E-state index is 13.4. The fraction of sp³-hybridized carbons (Fsp3) is 0.636. The Hall–Kier alpha value is -1.63. The van der Waals surface area contributed by atoms with Crippen molar-refractivity contribution < 1.29 is 23.4 Å². The molecule has 2 N–H and O–H groups in total. The van der Waals surface area contributed by atoms with Crippen LogP contribution in [-0.2, 0) is 10.0 Å². The topological polar surface area (TPSA) is 90.3 Å². The van der Waals surface area contributed by atoms with Crippen molar-refractivity contribution in [3.8, 4) is 17.6 Å². The number of rotatable bonds is 6. The second-order valence-corrected chi connectivity index (χ2v) is 9.97. The maximum Gasteiger partial charge on any atom is 0.247 e. The summed E-state index contributed by atoms with van der Waals surface area (Å²) in [7, 11) is -1.84. The number of benzene rings is 1. The highest BCUT2D eigenvalue weighted by molar-refractivity contribution is 7.89. The minimum atomic E-state index is -3.86. The molecule has 0 radical (unpaired) electrons. The van der Waals surface area contributed by atoms with Gasteiger partial charge in [0.25, 0.3) is 0 Å². The molecule has 0 fully saturated rings. The van der Waals surface area contributed by atoms with E-state index >= 15 is 0 Å². The number of nitrogens with zero attached hydrogens (tertiary/aromatic N) is 2. The molecule has 1 aromatic carbocycles. The van der Waals surface area contributed by atoms with Crippen LogP contribution in [-0.4, -0.2) is 79.4 Å².